The molecule has 2 rings (SSSR count). The highest BCUT2D eigenvalue weighted by molar-refractivity contribution is 7.17. The summed E-state index contributed by atoms with van der Waals surface area (Å²) in [5.74, 6) is -0.722. The maximum atomic E-state index is 10.3. The van der Waals surface area contributed by atoms with E-state index in [9.17, 15) is 4.79 Å². The molecule has 0 saturated carbocycles. The number of rotatable bonds is 7. The van der Waals surface area contributed by atoms with Crippen LogP contribution in [0, 0.1) is 0 Å². The first-order chi connectivity index (χ1) is 8.77. The van der Waals surface area contributed by atoms with Gasteiger partial charge in [-0.15, -0.1) is 11.3 Å². The number of carboxylic acids is 1. The van der Waals surface area contributed by atoms with Crippen LogP contribution in [0.5, 0.6) is 0 Å². The van der Waals surface area contributed by atoms with Gasteiger partial charge in [0.05, 0.1) is 0 Å². The van der Waals surface area contributed by atoms with E-state index in [1.807, 2.05) is 0 Å². The molecule has 0 aliphatic heterocycles. The fourth-order valence-electron chi connectivity index (χ4n) is 1.94. The number of aliphatic carboxylic acids is 1. The molecule has 0 aliphatic carbocycles. The van der Waals surface area contributed by atoms with Crippen LogP contribution in [0.1, 0.15) is 18.4 Å². The zero-order chi connectivity index (χ0) is 12.8. The summed E-state index contributed by atoms with van der Waals surface area (Å²) in [6.45, 7) is 1.68. The van der Waals surface area contributed by atoms with Gasteiger partial charge in [-0.1, -0.05) is 18.2 Å². The SMILES string of the molecule is O=C(O)CCCNCCc1csc2ccccc12. The highest BCUT2D eigenvalue weighted by atomic mass is 32.1. The first-order valence-electron chi connectivity index (χ1n) is 6.15. The highest BCUT2D eigenvalue weighted by Gasteiger charge is 2.02. The van der Waals surface area contributed by atoms with Crippen LogP contribution in [-0.4, -0.2) is 24.2 Å². The first kappa shape index (κ1) is 13.1. The number of thiophene rings is 1. The van der Waals surface area contributed by atoms with Gasteiger partial charge in [-0.05, 0) is 48.3 Å². The molecule has 1 aromatic carbocycles. The Morgan fingerprint density at radius 2 is 2.11 bits per heavy atom. The molecule has 2 N–H and O–H groups in total. The molecule has 0 radical (unpaired) electrons. The second-order valence-corrected chi connectivity index (χ2v) is 5.17. The summed E-state index contributed by atoms with van der Waals surface area (Å²) in [7, 11) is 0. The van der Waals surface area contributed by atoms with E-state index in [1.165, 1.54) is 15.6 Å². The average molecular weight is 263 g/mol. The lowest BCUT2D eigenvalue weighted by Gasteiger charge is -2.03. The van der Waals surface area contributed by atoms with Crippen molar-refractivity contribution in [2.45, 2.75) is 19.3 Å². The number of fused-ring (bicyclic) bond motifs is 1. The molecule has 96 valence electrons. The number of nitrogens with one attached hydrogen (secondary N) is 1. The Hall–Kier alpha value is -1.39. The molecule has 1 aromatic heterocycles. The van der Waals surface area contributed by atoms with Crippen molar-refractivity contribution < 1.29 is 9.90 Å². The fraction of sp³-hybridized carbons (Fsp3) is 0.357. The van der Waals surface area contributed by atoms with E-state index in [4.69, 9.17) is 5.11 Å². The van der Waals surface area contributed by atoms with Gasteiger partial charge in [0.2, 0.25) is 0 Å². The molecule has 4 heteroatoms. The molecule has 2 aromatic rings. The highest BCUT2D eigenvalue weighted by Crippen LogP contribution is 2.25. The van der Waals surface area contributed by atoms with Crippen molar-refractivity contribution in [1.82, 2.24) is 5.32 Å². The monoisotopic (exact) mass is 263 g/mol. The molecule has 1 heterocycles. The van der Waals surface area contributed by atoms with Crippen LogP contribution in [0.25, 0.3) is 10.1 Å². The number of carbonyl (C=O) groups is 1. The first-order valence-corrected chi connectivity index (χ1v) is 7.03. The van der Waals surface area contributed by atoms with E-state index in [1.54, 1.807) is 11.3 Å². The molecule has 0 fully saturated rings. The van der Waals surface area contributed by atoms with Crippen molar-refractivity contribution in [3.8, 4) is 0 Å². The molecule has 0 spiro atoms. The van der Waals surface area contributed by atoms with E-state index < -0.39 is 5.97 Å². The van der Waals surface area contributed by atoms with E-state index in [-0.39, 0.29) is 6.42 Å². The molecule has 0 saturated heterocycles. The van der Waals surface area contributed by atoms with Gasteiger partial charge in [0.25, 0.3) is 0 Å². The summed E-state index contributed by atoms with van der Waals surface area (Å²) in [4.78, 5) is 10.3. The normalized spacial score (nSPS) is 10.9. The fourth-order valence-corrected chi connectivity index (χ4v) is 2.94. The van der Waals surface area contributed by atoms with Crippen LogP contribution in [0.2, 0.25) is 0 Å². The zero-order valence-electron chi connectivity index (χ0n) is 10.2. The van der Waals surface area contributed by atoms with Gasteiger partial charge >= 0.3 is 5.97 Å². The lowest BCUT2D eigenvalue weighted by Crippen LogP contribution is -2.19. The van der Waals surface area contributed by atoms with E-state index in [0.29, 0.717) is 6.42 Å². The minimum Gasteiger partial charge on any atom is -0.481 e. The van der Waals surface area contributed by atoms with Gasteiger partial charge < -0.3 is 10.4 Å². The van der Waals surface area contributed by atoms with E-state index in [2.05, 4.69) is 35.0 Å². The summed E-state index contributed by atoms with van der Waals surface area (Å²) in [5.41, 5.74) is 1.38. The van der Waals surface area contributed by atoms with Gasteiger partial charge in [-0.3, -0.25) is 4.79 Å². The van der Waals surface area contributed by atoms with Crippen molar-refractivity contribution >= 4 is 27.4 Å². The summed E-state index contributed by atoms with van der Waals surface area (Å²) in [5, 5.41) is 15.4. The topological polar surface area (TPSA) is 49.3 Å². The van der Waals surface area contributed by atoms with Crippen LogP contribution in [0.4, 0.5) is 0 Å². The molecule has 0 atom stereocenters. The van der Waals surface area contributed by atoms with E-state index in [0.717, 1.165) is 19.5 Å². The maximum absolute atomic E-state index is 10.3. The molecular formula is C14H17NO2S. The molecule has 0 unspecified atom stereocenters. The summed E-state index contributed by atoms with van der Waals surface area (Å²) in [6.07, 6.45) is 1.94. The van der Waals surface area contributed by atoms with Crippen molar-refractivity contribution in [3.05, 3.63) is 35.2 Å². The van der Waals surface area contributed by atoms with Crippen molar-refractivity contribution in [3.63, 3.8) is 0 Å². The Kier molecular flexibility index (Phi) is 4.73. The van der Waals surface area contributed by atoms with Crippen molar-refractivity contribution in [2.75, 3.05) is 13.1 Å². The average Bonchev–Trinajstić information content (AvgIpc) is 2.77. The van der Waals surface area contributed by atoms with Crippen LogP contribution in [-0.2, 0) is 11.2 Å². The summed E-state index contributed by atoms with van der Waals surface area (Å²) >= 11 is 1.78. The summed E-state index contributed by atoms with van der Waals surface area (Å²) in [6, 6.07) is 8.43. The number of hydrogen-bond donors (Lipinski definition) is 2. The lowest BCUT2D eigenvalue weighted by molar-refractivity contribution is -0.137. The predicted molar refractivity (Wildman–Crippen MR) is 75.3 cm³/mol. The van der Waals surface area contributed by atoms with Crippen molar-refractivity contribution in [2.24, 2.45) is 0 Å². The zero-order valence-corrected chi connectivity index (χ0v) is 11.0. The van der Waals surface area contributed by atoms with Gasteiger partial charge in [0.1, 0.15) is 0 Å². The number of benzene rings is 1. The van der Waals surface area contributed by atoms with Gasteiger partial charge in [0.15, 0.2) is 0 Å². The third-order valence-electron chi connectivity index (χ3n) is 2.88. The van der Waals surface area contributed by atoms with Crippen LogP contribution >= 0.6 is 11.3 Å². The van der Waals surface area contributed by atoms with Crippen LogP contribution in [0.15, 0.2) is 29.6 Å². The largest absolute Gasteiger partial charge is 0.481 e. The van der Waals surface area contributed by atoms with Gasteiger partial charge in [0, 0.05) is 11.1 Å². The second-order valence-electron chi connectivity index (χ2n) is 4.25. The van der Waals surface area contributed by atoms with E-state index >= 15 is 0 Å². The van der Waals surface area contributed by atoms with Gasteiger partial charge in [-0.2, -0.15) is 0 Å². The number of carboxylic acid groups (broad SMARTS) is 1. The van der Waals surface area contributed by atoms with Crippen LogP contribution in [0.3, 0.4) is 0 Å². The Labute approximate surface area is 110 Å². The number of hydrogen-bond acceptors (Lipinski definition) is 3. The third-order valence-corrected chi connectivity index (χ3v) is 3.89. The minimum atomic E-state index is -0.722. The second kappa shape index (κ2) is 6.52. The lowest BCUT2D eigenvalue weighted by atomic mass is 10.1. The van der Waals surface area contributed by atoms with Gasteiger partial charge in [-0.25, -0.2) is 0 Å². The quantitative estimate of drug-likeness (QED) is 0.755. The minimum absolute atomic E-state index is 0.244. The molecule has 0 aliphatic rings. The predicted octanol–water partition coefficient (Wildman–Crippen LogP) is 2.90. The Morgan fingerprint density at radius 3 is 2.94 bits per heavy atom. The Morgan fingerprint density at radius 1 is 1.28 bits per heavy atom. The molecule has 18 heavy (non-hydrogen) atoms. The standard InChI is InChI=1S/C14H17NO2S/c16-14(17)6-3-8-15-9-7-11-10-18-13-5-2-1-4-12(11)13/h1-2,4-5,10,15H,3,6-9H2,(H,16,17). The molecular weight excluding hydrogens is 246 g/mol. The van der Waals surface area contributed by atoms with Crippen LogP contribution < -0.4 is 5.32 Å². The maximum Gasteiger partial charge on any atom is 0.303 e. The third kappa shape index (κ3) is 3.55. The Bertz CT molecular complexity index is 521. The summed E-state index contributed by atoms with van der Waals surface area (Å²) < 4.78 is 1.33. The molecule has 0 amide bonds. The molecule has 3 nitrogen and oxygen atoms in total. The smallest absolute Gasteiger partial charge is 0.303 e. The Balaban J connectivity index is 1.75. The van der Waals surface area contributed by atoms with Crippen molar-refractivity contribution in [1.29, 1.82) is 0 Å². The molecule has 0 bridgehead atoms.